The minimum absolute atomic E-state index is 0.116. The maximum atomic E-state index is 10.7. The number of rotatable bonds is 3. The van der Waals surface area contributed by atoms with E-state index in [1.165, 1.54) is 6.07 Å². The van der Waals surface area contributed by atoms with Crippen LogP contribution in [0.2, 0.25) is 0 Å². The van der Waals surface area contributed by atoms with Gasteiger partial charge in [0, 0.05) is 26.1 Å². The lowest BCUT2D eigenvalue weighted by Crippen LogP contribution is -2.26. The molecule has 1 rings (SSSR count). The van der Waals surface area contributed by atoms with Gasteiger partial charge in [-0.15, -0.1) is 0 Å². The van der Waals surface area contributed by atoms with Crippen LogP contribution >= 0.6 is 22.6 Å². The van der Waals surface area contributed by atoms with Crippen LogP contribution in [0.4, 0.5) is 11.4 Å². The molecular formula is C12H16IN3O2. The average molecular weight is 361 g/mol. The SMILES string of the molecule is CC(C)C(=Nc1ccc([N+](=O)[O-])c(I)c1)N(C)C. The zero-order valence-corrected chi connectivity index (χ0v) is 13.0. The molecule has 0 heterocycles. The highest BCUT2D eigenvalue weighted by atomic mass is 127. The van der Waals surface area contributed by atoms with E-state index in [4.69, 9.17) is 0 Å². The smallest absolute Gasteiger partial charge is 0.282 e. The normalized spacial score (nSPS) is 11.8. The number of amidine groups is 1. The summed E-state index contributed by atoms with van der Waals surface area (Å²) in [5.41, 5.74) is 0.855. The van der Waals surface area contributed by atoms with Crippen molar-refractivity contribution in [3.05, 3.63) is 31.9 Å². The van der Waals surface area contributed by atoms with E-state index in [2.05, 4.69) is 18.8 Å². The fourth-order valence-corrected chi connectivity index (χ4v) is 2.29. The van der Waals surface area contributed by atoms with Crippen molar-refractivity contribution in [2.45, 2.75) is 13.8 Å². The van der Waals surface area contributed by atoms with Crippen LogP contribution in [0.1, 0.15) is 13.8 Å². The predicted molar refractivity (Wildman–Crippen MR) is 81.4 cm³/mol. The average Bonchev–Trinajstić information content (AvgIpc) is 2.24. The molecule has 0 aliphatic heterocycles. The van der Waals surface area contributed by atoms with Crippen LogP contribution in [0.3, 0.4) is 0 Å². The van der Waals surface area contributed by atoms with Gasteiger partial charge in [0.2, 0.25) is 0 Å². The Bertz CT molecular complexity index is 474. The topological polar surface area (TPSA) is 58.7 Å². The molecule has 1 aromatic carbocycles. The Morgan fingerprint density at radius 1 is 1.44 bits per heavy atom. The van der Waals surface area contributed by atoms with Crippen LogP contribution in [0.15, 0.2) is 23.2 Å². The van der Waals surface area contributed by atoms with Crippen molar-refractivity contribution >= 4 is 39.8 Å². The van der Waals surface area contributed by atoms with Crippen LogP contribution in [0, 0.1) is 19.6 Å². The van der Waals surface area contributed by atoms with Crippen molar-refractivity contribution in [2.24, 2.45) is 10.9 Å². The van der Waals surface area contributed by atoms with E-state index < -0.39 is 0 Å². The Morgan fingerprint density at radius 3 is 2.44 bits per heavy atom. The Kier molecular flexibility index (Phi) is 5.06. The van der Waals surface area contributed by atoms with Crippen molar-refractivity contribution < 1.29 is 4.92 Å². The molecule has 0 aliphatic rings. The summed E-state index contributed by atoms with van der Waals surface area (Å²) >= 11 is 1.96. The van der Waals surface area contributed by atoms with Gasteiger partial charge >= 0.3 is 0 Å². The Balaban J connectivity index is 3.15. The monoisotopic (exact) mass is 361 g/mol. The van der Waals surface area contributed by atoms with Crippen LogP contribution in [-0.4, -0.2) is 29.8 Å². The van der Waals surface area contributed by atoms with Gasteiger partial charge in [-0.1, -0.05) is 13.8 Å². The molecule has 0 unspecified atom stereocenters. The van der Waals surface area contributed by atoms with E-state index >= 15 is 0 Å². The third-order valence-electron chi connectivity index (χ3n) is 2.35. The maximum absolute atomic E-state index is 10.7. The summed E-state index contributed by atoms with van der Waals surface area (Å²) in [6.07, 6.45) is 0. The van der Waals surface area contributed by atoms with Gasteiger partial charge in [-0.2, -0.15) is 0 Å². The lowest BCUT2D eigenvalue weighted by atomic mass is 10.2. The standard InChI is InChI=1S/C12H16IN3O2/c1-8(2)12(15(3)4)14-9-5-6-11(16(17)18)10(13)7-9/h5-8H,1-4H3. The van der Waals surface area contributed by atoms with Gasteiger partial charge < -0.3 is 4.90 Å². The number of benzene rings is 1. The van der Waals surface area contributed by atoms with Crippen molar-refractivity contribution in [1.29, 1.82) is 0 Å². The minimum atomic E-state index is -0.384. The molecule has 0 amide bonds. The number of halogens is 1. The molecule has 0 fully saturated rings. The third kappa shape index (κ3) is 3.66. The largest absolute Gasteiger partial charge is 0.366 e. The summed E-state index contributed by atoms with van der Waals surface area (Å²) in [7, 11) is 3.88. The Labute approximate surface area is 120 Å². The molecule has 1 aromatic rings. The molecule has 0 bridgehead atoms. The van der Waals surface area contributed by atoms with E-state index in [0.29, 0.717) is 9.49 Å². The maximum Gasteiger partial charge on any atom is 0.282 e. The minimum Gasteiger partial charge on any atom is -0.366 e. The van der Waals surface area contributed by atoms with E-state index in [9.17, 15) is 10.1 Å². The molecular weight excluding hydrogens is 345 g/mol. The highest BCUT2D eigenvalue weighted by molar-refractivity contribution is 14.1. The molecule has 0 saturated carbocycles. The number of hydrogen-bond acceptors (Lipinski definition) is 3. The van der Waals surface area contributed by atoms with Gasteiger partial charge in [0.15, 0.2) is 0 Å². The van der Waals surface area contributed by atoms with Crippen molar-refractivity contribution in [2.75, 3.05) is 14.1 Å². The van der Waals surface area contributed by atoms with Gasteiger partial charge in [-0.3, -0.25) is 10.1 Å². The highest BCUT2D eigenvalue weighted by Gasteiger charge is 2.13. The molecule has 0 spiro atoms. The van der Waals surface area contributed by atoms with Gasteiger partial charge in [0.25, 0.3) is 5.69 Å². The van der Waals surface area contributed by atoms with Crippen molar-refractivity contribution in [3.63, 3.8) is 0 Å². The summed E-state index contributed by atoms with van der Waals surface area (Å²) in [5, 5.41) is 10.7. The van der Waals surface area contributed by atoms with E-state index in [1.807, 2.05) is 41.6 Å². The number of hydrogen-bond donors (Lipinski definition) is 0. The fraction of sp³-hybridized carbons (Fsp3) is 0.417. The van der Waals surface area contributed by atoms with Crippen LogP contribution < -0.4 is 0 Å². The van der Waals surface area contributed by atoms with Gasteiger partial charge in [0.05, 0.1) is 14.2 Å². The second-order valence-corrected chi connectivity index (χ2v) is 5.57. The summed E-state index contributed by atoms with van der Waals surface area (Å²) in [4.78, 5) is 16.8. The number of nitrogens with zero attached hydrogens (tertiary/aromatic N) is 3. The molecule has 18 heavy (non-hydrogen) atoms. The first-order valence-corrected chi connectivity index (χ1v) is 6.60. The quantitative estimate of drug-likeness (QED) is 0.272. The lowest BCUT2D eigenvalue weighted by molar-refractivity contribution is -0.385. The van der Waals surface area contributed by atoms with E-state index in [-0.39, 0.29) is 10.6 Å². The van der Waals surface area contributed by atoms with Crippen molar-refractivity contribution in [3.8, 4) is 0 Å². The Morgan fingerprint density at radius 2 is 2.06 bits per heavy atom. The zero-order valence-electron chi connectivity index (χ0n) is 10.8. The summed E-state index contributed by atoms with van der Waals surface area (Å²) in [6, 6.07) is 4.89. The molecule has 0 N–H and O–H groups in total. The molecule has 0 aromatic heterocycles. The third-order valence-corrected chi connectivity index (χ3v) is 3.21. The summed E-state index contributed by atoms with van der Waals surface area (Å²) < 4.78 is 0.598. The highest BCUT2D eigenvalue weighted by Crippen LogP contribution is 2.26. The van der Waals surface area contributed by atoms with Gasteiger partial charge in [-0.25, -0.2) is 4.99 Å². The number of aliphatic imine (C=N–C) groups is 1. The second kappa shape index (κ2) is 6.12. The summed E-state index contributed by atoms with van der Waals surface area (Å²) in [6.45, 7) is 4.13. The first kappa shape index (κ1) is 14.9. The molecule has 0 aliphatic carbocycles. The zero-order chi connectivity index (χ0) is 13.9. The second-order valence-electron chi connectivity index (χ2n) is 4.41. The number of nitro benzene ring substituents is 1. The first-order valence-electron chi connectivity index (χ1n) is 5.52. The van der Waals surface area contributed by atoms with Crippen LogP contribution in [0.25, 0.3) is 0 Å². The molecule has 0 radical (unpaired) electrons. The molecule has 5 nitrogen and oxygen atoms in total. The van der Waals surface area contributed by atoms with Gasteiger partial charge in [0.1, 0.15) is 5.84 Å². The summed E-state index contributed by atoms with van der Waals surface area (Å²) in [5.74, 6) is 1.24. The van der Waals surface area contributed by atoms with E-state index in [0.717, 1.165) is 11.5 Å². The molecule has 98 valence electrons. The molecule has 0 saturated heterocycles. The lowest BCUT2D eigenvalue weighted by Gasteiger charge is -2.19. The fourth-order valence-electron chi connectivity index (χ4n) is 1.59. The molecule has 0 atom stereocenters. The van der Waals surface area contributed by atoms with Crippen LogP contribution in [-0.2, 0) is 0 Å². The Hall–Kier alpha value is -1.18. The molecule has 6 heteroatoms. The van der Waals surface area contributed by atoms with Gasteiger partial charge in [-0.05, 0) is 34.7 Å². The van der Waals surface area contributed by atoms with E-state index in [1.54, 1.807) is 12.1 Å². The predicted octanol–water partition coefficient (Wildman–Crippen LogP) is 3.45. The first-order chi connectivity index (χ1) is 8.32. The van der Waals surface area contributed by atoms with Crippen molar-refractivity contribution in [1.82, 2.24) is 4.90 Å². The number of nitro groups is 1. The van der Waals surface area contributed by atoms with Crippen LogP contribution in [0.5, 0.6) is 0 Å².